The van der Waals surface area contributed by atoms with Crippen LogP contribution in [0.4, 0.5) is 17.6 Å². The lowest BCUT2D eigenvalue weighted by Gasteiger charge is -2.33. The van der Waals surface area contributed by atoms with Crippen LogP contribution in [0.25, 0.3) is 0 Å². The van der Waals surface area contributed by atoms with Crippen molar-refractivity contribution in [1.82, 2.24) is 9.47 Å². The first-order valence-corrected chi connectivity index (χ1v) is 8.65. The summed E-state index contributed by atoms with van der Waals surface area (Å²) in [5.74, 6) is -1.11. The highest BCUT2D eigenvalue weighted by atomic mass is 35.5. The molecule has 0 N–H and O–H groups in total. The number of amides is 1. The van der Waals surface area contributed by atoms with Gasteiger partial charge in [0.1, 0.15) is 24.0 Å². The lowest BCUT2D eigenvalue weighted by atomic mass is 10.1. The van der Waals surface area contributed by atoms with E-state index in [9.17, 15) is 27.2 Å². The summed E-state index contributed by atoms with van der Waals surface area (Å²) in [4.78, 5) is 25.9. The number of alkyl halides is 3. The molecule has 3 rings (SSSR count). The van der Waals surface area contributed by atoms with Crippen molar-refractivity contribution in [2.24, 2.45) is 0 Å². The third kappa shape index (κ3) is 4.36. The highest BCUT2D eigenvalue weighted by molar-refractivity contribution is 6.30. The van der Waals surface area contributed by atoms with Crippen molar-refractivity contribution in [3.63, 3.8) is 0 Å². The van der Waals surface area contributed by atoms with Gasteiger partial charge >= 0.3 is 6.18 Å². The van der Waals surface area contributed by atoms with Gasteiger partial charge in [-0.3, -0.25) is 9.59 Å². The van der Waals surface area contributed by atoms with E-state index in [1.807, 2.05) is 0 Å². The summed E-state index contributed by atoms with van der Waals surface area (Å²) in [6.07, 6.45) is -4.23. The van der Waals surface area contributed by atoms with Crippen LogP contribution in [0.15, 0.2) is 41.3 Å². The van der Waals surface area contributed by atoms with Gasteiger partial charge in [-0.15, -0.1) is 0 Å². The van der Waals surface area contributed by atoms with Gasteiger partial charge in [0, 0.05) is 12.7 Å². The lowest BCUT2D eigenvalue weighted by Crippen LogP contribution is -2.45. The Kier molecular flexibility index (Phi) is 5.76. The van der Waals surface area contributed by atoms with Gasteiger partial charge in [-0.05, 0) is 29.8 Å². The van der Waals surface area contributed by atoms with E-state index in [-0.39, 0.29) is 24.7 Å². The van der Waals surface area contributed by atoms with Crippen molar-refractivity contribution in [2.75, 3.05) is 19.7 Å². The minimum absolute atomic E-state index is 0.0833. The number of pyridine rings is 1. The number of hydrogen-bond acceptors (Lipinski definition) is 3. The number of ether oxygens (including phenoxy) is 1. The Hall–Kier alpha value is -2.39. The van der Waals surface area contributed by atoms with Gasteiger partial charge in [0.25, 0.3) is 5.56 Å². The standard InChI is InChI=1S/C18H15ClF4N2O3/c19-13-8-11(3-4-14(13)20)15-9-24(6-7-28-15)16(26)10-25-5-1-2-12(17(25)27)18(21,22)23/h1-5,8,15H,6-7,9-10H2. The molecule has 0 radical (unpaired) electrons. The molecule has 2 aromatic rings. The minimum atomic E-state index is -4.80. The van der Waals surface area contributed by atoms with Crippen molar-refractivity contribution < 1.29 is 27.1 Å². The Balaban J connectivity index is 1.74. The third-order valence-electron chi connectivity index (χ3n) is 4.37. The number of rotatable bonds is 3. The number of morpholine rings is 1. The Morgan fingerprint density at radius 3 is 2.71 bits per heavy atom. The molecule has 5 nitrogen and oxygen atoms in total. The van der Waals surface area contributed by atoms with Gasteiger partial charge in [-0.1, -0.05) is 17.7 Å². The van der Waals surface area contributed by atoms with E-state index >= 15 is 0 Å². The van der Waals surface area contributed by atoms with Crippen molar-refractivity contribution in [2.45, 2.75) is 18.8 Å². The fourth-order valence-electron chi connectivity index (χ4n) is 2.91. The molecule has 1 saturated heterocycles. The lowest BCUT2D eigenvalue weighted by molar-refractivity contribution is -0.141. The summed E-state index contributed by atoms with van der Waals surface area (Å²) in [7, 11) is 0. The van der Waals surface area contributed by atoms with Crippen molar-refractivity contribution >= 4 is 17.5 Å². The van der Waals surface area contributed by atoms with Gasteiger partial charge in [-0.25, -0.2) is 4.39 Å². The molecule has 1 unspecified atom stereocenters. The monoisotopic (exact) mass is 418 g/mol. The van der Waals surface area contributed by atoms with Crippen LogP contribution < -0.4 is 5.56 Å². The zero-order chi connectivity index (χ0) is 20.5. The largest absolute Gasteiger partial charge is 0.421 e. The predicted molar refractivity (Wildman–Crippen MR) is 92.4 cm³/mol. The fraction of sp³-hybridized carbons (Fsp3) is 0.333. The number of carbonyl (C=O) groups is 1. The molecular weight excluding hydrogens is 404 g/mol. The molecule has 1 atom stereocenters. The topological polar surface area (TPSA) is 51.5 Å². The number of halogens is 5. The van der Waals surface area contributed by atoms with Gasteiger partial charge in [0.2, 0.25) is 5.91 Å². The van der Waals surface area contributed by atoms with Crippen LogP contribution in [0.3, 0.4) is 0 Å². The summed E-state index contributed by atoms with van der Waals surface area (Å²) in [5.41, 5.74) is -2.04. The second-order valence-corrected chi connectivity index (χ2v) is 6.63. The molecule has 1 fully saturated rings. The molecule has 10 heteroatoms. The van der Waals surface area contributed by atoms with Gasteiger partial charge in [-0.2, -0.15) is 13.2 Å². The molecule has 1 aliphatic heterocycles. The molecule has 0 bridgehead atoms. The summed E-state index contributed by atoms with van der Waals surface area (Å²) in [5, 5.41) is -0.0833. The predicted octanol–water partition coefficient (Wildman–Crippen LogP) is 3.26. The van der Waals surface area contributed by atoms with E-state index in [0.29, 0.717) is 11.6 Å². The van der Waals surface area contributed by atoms with Gasteiger partial charge in [0.15, 0.2) is 0 Å². The van der Waals surface area contributed by atoms with Crippen LogP contribution in [-0.2, 0) is 22.3 Å². The zero-order valence-corrected chi connectivity index (χ0v) is 15.1. The fourth-order valence-corrected chi connectivity index (χ4v) is 3.10. The first-order valence-electron chi connectivity index (χ1n) is 8.28. The summed E-state index contributed by atoms with van der Waals surface area (Å²) in [6.45, 7) is -0.0188. The number of hydrogen-bond donors (Lipinski definition) is 0. The molecule has 28 heavy (non-hydrogen) atoms. The van der Waals surface area contributed by atoms with Crippen LogP contribution in [0, 0.1) is 5.82 Å². The average Bonchev–Trinajstić information content (AvgIpc) is 2.64. The van der Waals surface area contributed by atoms with E-state index in [4.69, 9.17) is 16.3 Å². The molecule has 1 amide bonds. The maximum Gasteiger partial charge on any atom is 0.421 e. The number of nitrogens with zero attached hydrogens (tertiary/aromatic N) is 2. The number of carbonyl (C=O) groups excluding carboxylic acids is 1. The molecule has 0 saturated carbocycles. The second-order valence-electron chi connectivity index (χ2n) is 6.23. The van der Waals surface area contributed by atoms with E-state index in [1.54, 1.807) is 0 Å². The Bertz CT molecular complexity index is 945. The van der Waals surface area contributed by atoms with E-state index < -0.39 is 41.7 Å². The quantitative estimate of drug-likeness (QED) is 0.719. The van der Waals surface area contributed by atoms with Crippen LogP contribution in [0.1, 0.15) is 17.2 Å². The Morgan fingerprint density at radius 2 is 2.04 bits per heavy atom. The SMILES string of the molecule is O=C(Cn1cccc(C(F)(F)F)c1=O)N1CCOC(c2ccc(F)c(Cl)c2)C1. The smallest absolute Gasteiger partial charge is 0.370 e. The maximum atomic E-state index is 13.3. The first-order chi connectivity index (χ1) is 13.2. The molecule has 1 aromatic heterocycles. The molecule has 1 aromatic carbocycles. The molecular formula is C18H15ClF4N2O3. The molecule has 0 spiro atoms. The second kappa shape index (κ2) is 7.92. The summed E-state index contributed by atoms with van der Waals surface area (Å²) in [6, 6.07) is 5.81. The summed E-state index contributed by atoms with van der Waals surface area (Å²) >= 11 is 5.77. The molecule has 0 aliphatic carbocycles. The van der Waals surface area contributed by atoms with Crippen molar-refractivity contribution in [1.29, 1.82) is 0 Å². The van der Waals surface area contributed by atoms with Gasteiger partial charge in [0.05, 0.1) is 18.2 Å². The third-order valence-corrected chi connectivity index (χ3v) is 4.66. The first kappa shape index (κ1) is 20.3. The van der Waals surface area contributed by atoms with Crippen LogP contribution in [-0.4, -0.2) is 35.1 Å². The van der Waals surface area contributed by atoms with E-state index in [1.165, 1.54) is 23.1 Å². The minimum Gasteiger partial charge on any atom is -0.370 e. The normalized spacial score (nSPS) is 17.6. The van der Waals surface area contributed by atoms with Crippen LogP contribution in [0.2, 0.25) is 5.02 Å². The Morgan fingerprint density at radius 1 is 1.29 bits per heavy atom. The molecule has 150 valence electrons. The number of benzene rings is 1. The van der Waals surface area contributed by atoms with Crippen molar-refractivity contribution in [3.8, 4) is 0 Å². The highest BCUT2D eigenvalue weighted by Crippen LogP contribution is 2.27. The highest BCUT2D eigenvalue weighted by Gasteiger charge is 2.34. The van der Waals surface area contributed by atoms with Gasteiger partial charge < -0.3 is 14.2 Å². The summed E-state index contributed by atoms with van der Waals surface area (Å²) < 4.78 is 58.2. The van der Waals surface area contributed by atoms with Crippen LogP contribution in [0.5, 0.6) is 0 Å². The van der Waals surface area contributed by atoms with Crippen molar-refractivity contribution in [3.05, 3.63) is 68.8 Å². The molecule has 2 heterocycles. The number of aromatic nitrogens is 1. The van der Waals surface area contributed by atoms with E-state index in [0.717, 1.165) is 16.8 Å². The maximum absolute atomic E-state index is 13.3. The average molecular weight is 419 g/mol. The van der Waals surface area contributed by atoms with E-state index in [2.05, 4.69) is 0 Å². The van der Waals surface area contributed by atoms with Crippen LogP contribution >= 0.6 is 11.6 Å². The Labute approximate surface area is 162 Å². The molecule has 1 aliphatic rings. The zero-order valence-electron chi connectivity index (χ0n) is 14.4.